The highest BCUT2D eigenvalue weighted by Gasteiger charge is 1.99. The van der Waals surface area contributed by atoms with Crippen LogP contribution in [0.25, 0.3) is 0 Å². The summed E-state index contributed by atoms with van der Waals surface area (Å²) in [4.78, 5) is 0. The Morgan fingerprint density at radius 2 is 2.18 bits per heavy atom. The molecule has 0 amide bonds. The second-order valence-corrected chi connectivity index (χ2v) is 2.61. The van der Waals surface area contributed by atoms with Crippen molar-refractivity contribution in [1.29, 1.82) is 0 Å². The predicted molar refractivity (Wildman–Crippen MR) is 47.1 cm³/mol. The number of hydrogen-bond donors (Lipinski definition) is 0. The van der Waals surface area contributed by atoms with Gasteiger partial charge in [-0.3, -0.25) is 0 Å². The van der Waals surface area contributed by atoms with Gasteiger partial charge in [0.2, 0.25) is 0 Å². The van der Waals surface area contributed by atoms with Gasteiger partial charge >= 0.3 is 0 Å². The molecule has 0 bridgehead atoms. The van der Waals surface area contributed by atoms with E-state index in [1.807, 2.05) is 31.5 Å². The molecular weight excluding hydrogens is 160 g/mol. The number of halogens is 1. The van der Waals surface area contributed by atoms with Crippen molar-refractivity contribution in [3.8, 4) is 5.75 Å². The van der Waals surface area contributed by atoms with Crippen LogP contribution in [-0.2, 0) is 0 Å². The smallest absolute Gasteiger partial charge is 0.122 e. The van der Waals surface area contributed by atoms with E-state index in [4.69, 9.17) is 16.3 Å². The molecule has 0 aliphatic heterocycles. The molecule has 11 heavy (non-hydrogen) atoms. The third-order valence-electron chi connectivity index (χ3n) is 1.50. The van der Waals surface area contributed by atoms with Gasteiger partial charge in [-0.05, 0) is 30.2 Å². The molecule has 0 aromatic heterocycles. The first kappa shape index (κ1) is 8.41. The largest absolute Gasteiger partial charge is 0.496 e. The maximum atomic E-state index is 5.78. The second-order valence-electron chi connectivity index (χ2n) is 2.17. The maximum Gasteiger partial charge on any atom is 0.122 e. The average Bonchev–Trinajstić information content (AvgIpc) is 2.04. The summed E-state index contributed by atoms with van der Waals surface area (Å²) < 4.78 is 5.10. The molecular formula is C9H10ClO. The Kier molecular flexibility index (Phi) is 2.77. The summed E-state index contributed by atoms with van der Waals surface area (Å²) in [6.45, 7) is 1.95. The summed E-state index contributed by atoms with van der Waals surface area (Å²) in [5.74, 6) is 0.858. The molecule has 0 saturated carbocycles. The first-order chi connectivity index (χ1) is 5.27. The Morgan fingerprint density at radius 1 is 1.45 bits per heavy atom. The molecule has 59 valence electrons. The van der Waals surface area contributed by atoms with E-state index in [-0.39, 0.29) is 0 Å². The third-order valence-corrected chi connectivity index (χ3v) is 1.74. The van der Waals surface area contributed by atoms with Crippen molar-refractivity contribution in [3.05, 3.63) is 35.2 Å². The first-order valence-corrected chi connectivity index (χ1v) is 3.78. The van der Waals surface area contributed by atoms with Crippen LogP contribution in [0.2, 0.25) is 5.02 Å². The Morgan fingerprint density at radius 3 is 2.73 bits per heavy atom. The fraction of sp³-hybridized carbons (Fsp3) is 0.222. The van der Waals surface area contributed by atoms with Gasteiger partial charge in [0, 0.05) is 5.02 Å². The van der Waals surface area contributed by atoms with Crippen molar-refractivity contribution in [1.82, 2.24) is 0 Å². The molecule has 0 aliphatic carbocycles. The lowest BCUT2D eigenvalue weighted by Crippen LogP contribution is -1.88. The topological polar surface area (TPSA) is 9.23 Å². The lowest BCUT2D eigenvalue weighted by atomic mass is 10.1. The fourth-order valence-electron chi connectivity index (χ4n) is 0.931. The van der Waals surface area contributed by atoms with Gasteiger partial charge in [0.1, 0.15) is 5.75 Å². The number of methoxy groups -OCH3 is 1. The number of rotatable bonds is 2. The van der Waals surface area contributed by atoms with Crippen molar-refractivity contribution in [2.45, 2.75) is 6.92 Å². The Balaban J connectivity index is 3.06. The Hall–Kier alpha value is -0.690. The molecule has 2 heteroatoms. The normalized spacial score (nSPS) is 9.73. The van der Waals surface area contributed by atoms with Crippen molar-refractivity contribution in [3.63, 3.8) is 0 Å². The van der Waals surface area contributed by atoms with Gasteiger partial charge < -0.3 is 4.74 Å². The van der Waals surface area contributed by atoms with E-state index in [9.17, 15) is 0 Å². The van der Waals surface area contributed by atoms with Gasteiger partial charge in [-0.25, -0.2) is 0 Å². The molecule has 0 fully saturated rings. The van der Waals surface area contributed by atoms with Crippen LogP contribution in [0.4, 0.5) is 0 Å². The fourth-order valence-corrected chi connectivity index (χ4v) is 1.11. The van der Waals surface area contributed by atoms with E-state index in [0.717, 1.165) is 16.3 Å². The van der Waals surface area contributed by atoms with Gasteiger partial charge in [-0.15, -0.1) is 0 Å². The zero-order valence-electron chi connectivity index (χ0n) is 6.60. The van der Waals surface area contributed by atoms with Crippen molar-refractivity contribution < 1.29 is 4.74 Å². The summed E-state index contributed by atoms with van der Waals surface area (Å²) >= 11 is 5.78. The van der Waals surface area contributed by atoms with Crippen molar-refractivity contribution >= 4 is 11.6 Å². The van der Waals surface area contributed by atoms with E-state index in [2.05, 4.69) is 0 Å². The van der Waals surface area contributed by atoms with Crippen molar-refractivity contribution in [2.75, 3.05) is 7.11 Å². The van der Waals surface area contributed by atoms with Crippen LogP contribution < -0.4 is 4.74 Å². The zero-order chi connectivity index (χ0) is 8.27. The molecule has 0 saturated heterocycles. The minimum Gasteiger partial charge on any atom is -0.496 e. The van der Waals surface area contributed by atoms with Gasteiger partial charge in [0.15, 0.2) is 0 Å². The number of benzene rings is 1. The summed E-state index contributed by atoms with van der Waals surface area (Å²) in [5, 5.41) is 0.735. The molecule has 0 spiro atoms. The summed E-state index contributed by atoms with van der Waals surface area (Å²) in [6, 6.07) is 5.55. The first-order valence-electron chi connectivity index (χ1n) is 3.41. The molecule has 0 N–H and O–H groups in total. The molecule has 1 aromatic rings. The van der Waals surface area contributed by atoms with Crippen LogP contribution in [0, 0.1) is 6.42 Å². The SMILES string of the molecule is C[CH]c1cc(Cl)ccc1OC. The summed E-state index contributed by atoms with van der Waals surface area (Å²) in [5.41, 5.74) is 1.03. The molecule has 0 heterocycles. The van der Waals surface area contributed by atoms with Gasteiger partial charge in [0.05, 0.1) is 7.11 Å². The predicted octanol–water partition coefficient (Wildman–Crippen LogP) is 2.92. The van der Waals surface area contributed by atoms with Gasteiger partial charge in [-0.1, -0.05) is 18.5 Å². The Bertz CT molecular complexity index is 245. The zero-order valence-corrected chi connectivity index (χ0v) is 7.35. The molecule has 1 aromatic carbocycles. The average molecular weight is 170 g/mol. The monoisotopic (exact) mass is 169 g/mol. The van der Waals surface area contributed by atoms with Crippen LogP contribution in [0.15, 0.2) is 18.2 Å². The van der Waals surface area contributed by atoms with E-state index >= 15 is 0 Å². The second kappa shape index (κ2) is 3.63. The van der Waals surface area contributed by atoms with Crippen LogP contribution in [0.5, 0.6) is 5.75 Å². The third kappa shape index (κ3) is 1.87. The highest BCUT2D eigenvalue weighted by molar-refractivity contribution is 6.30. The van der Waals surface area contributed by atoms with Crippen LogP contribution in [0.1, 0.15) is 12.5 Å². The molecule has 1 radical (unpaired) electrons. The maximum absolute atomic E-state index is 5.78. The van der Waals surface area contributed by atoms with E-state index < -0.39 is 0 Å². The number of hydrogen-bond acceptors (Lipinski definition) is 1. The van der Waals surface area contributed by atoms with Crippen LogP contribution in [0.3, 0.4) is 0 Å². The van der Waals surface area contributed by atoms with E-state index in [1.165, 1.54) is 0 Å². The minimum absolute atomic E-state index is 0.735. The van der Waals surface area contributed by atoms with Crippen molar-refractivity contribution in [2.24, 2.45) is 0 Å². The molecule has 0 atom stereocenters. The minimum atomic E-state index is 0.735. The van der Waals surface area contributed by atoms with E-state index in [1.54, 1.807) is 7.11 Å². The highest BCUT2D eigenvalue weighted by Crippen LogP contribution is 2.23. The summed E-state index contributed by atoms with van der Waals surface area (Å²) in [6.07, 6.45) is 1.96. The van der Waals surface area contributed by atoms with Crippen LogP contribution >= 0.6 is 11.6 Å². The van der Waals surface area contributed by atoms with Gasteiger partial charge in [-0.2, -0.15) is 0 Å². The quantitative estimate of drug-likeness (QED) is 0.662. The Labute approximate surface area is 71.9 Å². The molecule has 1 nitrogen and oxygen atoms in total. The highest BCUT2D eigenvalue weighted by atomic mass is 35.5. The lowest BCUT2D eigenvalue weighted by molar-refractivity contribution is 0.412. The molecule has 1 rings (SSSR count). The van der Waals surface area contributed by atoms with E-state index in [0.29, 0.717) is 0 Å². The van der Waals surface area contributed by atoms with Crippen LogP contribution in [-0.4, -0.2) is 7.11 Å². The molecule has 0 aliphatic rings. The lowest BCUT2D eigenvalue weighted by Gasteiger charge is -2.05. The standard InChI is InChI=1S/C9H10ClO/c1-3-7-6-8(10)4-5-9(7)11-2/h3-6H,1-2H3. The number of ether oxygens (including phenoxy) is 1. The summed E-state index contributed by atoms with van der Waals surface area (Å²) in [7, 11) is 1.65. The molecule has 0 unspecified atom stereocenters. The van der Waals surface area contributed by atoms with Gasteiger partial charge in [0.25, 0.3) is 0 Å².